The molecule has 0 aromatic heterocycles. The first kappa shape index (κ1) is 27.1. The third kappa shape index (κ3) is 10.9. The van der Waals surface area contributed by atoms with Crippen LogP contribution < -0.4 is 0 Å². The van der Waals surface area contributed by atoms with Gasteiger partial charge in [-0.15, -0.1) is 37.7 Å². The van der Waals surface area contributed by atoms with Crippen LogP contribution in [0.5, 0.6) is 0 Å². The van der Waals surface area contributed by atoms with Crippen LogP contribution in [-0.2, 0) is 23.9 Å². The first-order valence-electron chi connectivity index (χ1n) is 7.12. The Morgan fingerprint density at radius 1 is 0.773 bits per heavy atom. The van der Waals surface area contributed by atoms with Gasteiger partial charge in [-0.2, -0.15) is 12.2 Å². The van der Waals surface area contributed by atoms with Gasteiger partial charge in [0.15, 0.2) is 0 Å². The summed E-state index contributed by atoms with van der Waals surface area (Å²) in [6.45, 7) is 13.3. The molecule has 0 bridgehead atoms. The van der Waals surface area contributed by atoms with Crippen molar-refractivity contribution < 1.29 is 23.9 Å². The minimum absolute atomic E-state index is 0. The summed E-state index contributed by atoms with van der Waals surface area (Å²) in [6.07, 6.45) is 17.3. The number of rotatable bonds is 0. The Morgan fingerprint density at radius 3 is 1.14 bits per heavy atom. The van der Waals surface area contributed by atoms with Gasteiger partial charge in [0.05, 0.1) is 0 Å². The predicted molar refractivity (Wildman–Crippen MR) is 102 cm³/mol. The predicted octanol–water partition coefficient (Wildman–Crippen LogP) is 6.25. The van der Waals surface area contributed by atoms with Crippen molar-refractivity contribution in [3.8, 4) is 0 Å². The summed E-state index contributed by atoms with van der Waals surface area (Å²) >= 11 is 1.06. The van der Waals surface area contributed by atoms with Gasteiger partial charge in [-0.3, -0.25) is 12.2 Å². The molecule has 2 aliphatic rings. The van der Waals surface area contributed by atoms with E-state index in [-0.39, 0.29) is 24.8 Å². The van der Waals surface area contributed by atoms with Crippen LogP contribution in [0.25, 0.3) is 0 Å². The standard InChI is InChI=1S/2C9H13.CH2.2ClH.Hf/c2*1-9(2,3)8-6-4-5-7-8;;;;/h2*4,6H,5H2,1-3H3;1H2;2*1H;/q2*-1;;;;+2. The van der Waals surface area contributed by atoms with Crippen molar-refractivity contribution in [3.05, 3.63) is 47.6 Å². The van der Waals surface area contributed by atoms with E-state index in [0.717, 1.165) is 36.7 Å². The van der Waals surface area contributed by atoms with Crippen molar-refractivity contribution in [2.45, 2.75) is 54.4 Å². The van der Waals surface area contributed by atoms with Crippen molar-refractivity contribution in [1.82, 2.24) is 0 Å². The second-order valence-electron chi connectivity index (χ2n) is 6.89. The summed E-state index contributed by atoms with van der Waals surface area (Å²) in [5.74, 6) is 0. The Morgan fingerprint density at radius 2 is 1.05 bits per heavy atom. The van der Waals surface area contributed by atoms with E-state index in [2.05, 4.69) is 82.3 Å². The molecule has 0 fully saturated rings. The Balaban J connectivity index is -0.000000273. The maximum absolute atomic E-state index is 3.39. The average Bonchev–Trinajstić information content (AvgIpc) is 3.04. The monoisotopic (exact) mass is 508 g/mol. The molecule has 0 N–H and O–H groups in total. The fraction of sp³-hybridized carbons (Fsp3) is 0.526. The van der Waals surface area contributed by atoms with Crippen molar-refractivity contribution in [2.75, 3.05) is 0 Å². The molecule has 0 saturated heterocycles. The zero-order chi connectivity index (χ0) is 15.8. The van der Waals surface area contributed by atoms with Crippen LogP contribution in [-0.4, -0.2) is 4.26 Å². The third-order valence-electron chi connectivity index (χ3n) is 3.01. The van der Waals surface area contributed by atoms with Gasteiger partial charge in [0.25, 0.3) is 0 Å². The van der Waals surface area contributed by atoms with Crippen LogP contribution >= 0.6 is 24.8 Å². The summed E-state index contributed by atoms with van der Waals surface area (Å²) in [7, 11) is 0. The molecule has 124 valence electrons. The summed E-state index contributed by atoms with van der Waals surface area (Å²) in [4.78, 5) is 0. The molecule has 0 aromatic carbocycles. The molecule has 22 heavy (non-hydrogen) atoms. The van der Waals surface area contributed by atoms with Gasteiger partial charge in [0.1, 0.15) is 0 Å². The molecule has 0 nitrogen and oxygen atoms in total. The van der Waals surface area contributed by atoms with Crippen molar-refractivity contribution in [3.63, 3.8) is 0 Å². The van der Waals surface area contributed by atoms with Gasteiger partial charge in [0.2, 0.25) is 0 Å². The van der Waals surface area contributed by atoms with Gasteiger partial charge in [-0.05, 0) is 10.8 Å². The van der Waals surface area contributed by atoms with Gasteiger partial charge >= 0.3 is 28.2 Å². The van der Waals surface area contributed by atoms with Crippen molar-refractivity contribution in [2.24, 2.45) is 10.8 Å². The normalized spacial score (nSPS) is 15.3. The maximum atomic E-state index is 3.39. The van der Waals surface area contributed by atoms with E-state index in [1.807, 2.05) is 0 Å². The van der Waals surface area contributed by atoms with E-state index in [9.17, 15) is 0 Å². The zero-order valence-corrected chi connectivity index (χ0v) is 20.0. The molecular weight excluding hydrogens is 478 g/mol. The number of allylic oxidation sites excluding steroid dienone is 8. The fourth-order valence-corrected chi connectivity index (χ4v) is 1.84. The van der Waals surface area contributed by atoms with Gasteiger partial charge in [-0.1, -0.05) is 41.5 Å². The first-order chi connectivity index (χ1) is 9.21. The Bertz CT molecular complexity index is 376. The Kier molecular flexibility index (Phi) is 15.6. The summed E-state index contributed by atoms with van der Waals surface area (Å²) in [5.41, 5.74) is 3.30. The van der Waals surface area contributed by atoms with E-state index in [4.69, 9.17) is 0 Å². The quantitative estimate of drug-likeness (QED) is 0.268. The molecule has 0 aliphatic heterocycles. The summed E-state index contributed by atoms with van der Waals surface area (Å²) in [5, 5.41) is 0. The third-order valence-corrected chi connectivity index (χ3v) is 3.01. The van der Waals surface area contributed by atoms with E-state index >= 15 is 0 Å². The number of hydrogen-bond donors (Lipinski definition) is 0. The van der Waals surface area contributed by atoms with Crippen LogP contribution in [0.4, 0.5) is 0 Å². The van der Waals surface area contributed by atoms with E-state index in [1.54, 1.807) is 0 Å². The number of halogens is 2. The molecular formula is C19H30Cl2Hf. The second-order valence-corrected chi connectivity index (χ2v) is 6.89. The van der Waals surface area contributed by atoms with Gasteiger partial charge < -0.3 is 0 Å². The zero-order valence-electron chi connectivity index (χ0n) is 14.7. The number of hydrogen-bond acceptors (Lipinski definition) is 0. The van der Waals surface area contributed by atoms with Crippen LogP contribution in [0.1, 0.15) is 54.4 Å². The molecule has 0 saturated carbocycles. The van der Waals surface area contributed by atoms with E-state index < -0.39 is 0 Å². The molecule has 0 amide bonds. The second kappa shape index (κ2) is 12.7. The molecule has 0 heterocycles. The fourth-order valence-electron chi connectivity index (χ4n) is 1.84. The van der Waals surface area contributed by atoms with Crippen LogP contribution in [0.15, 0.2) is 35.5 Å². The first-order valence-corrected chi connectivity index (χ1v) is 9.66. The molecule has 0 atom stereocenters. The van der Waals surface area contributed by atoms with Gasteiger partial charge in [0, 0.05) is 0 Å². The topological polar surface area (TPSA) is 0 Å². The molecule has 2 aliphatic carbocycles. The summed E-state index contributed by atoms with van der Waals surface area (Å²) in [6, 6.07) is 0. The Labute approximate surface area is 165 Å². The van der Waals surface area contributed by atoms with Crippen LogP contribution in [0.3, 0.4) is 0 Å². The van der Waals surface area contributed by atoms with Gasteiger partial charge in [-0.25, -0.2) is 23.3 Å². The summed E-state index contributed by atoms with van der Waals surface area (Å²) < 4.78 is 3.39. The Hall–Kier alpha value is 0.280. The van der Waals surface area contributed by atoms with Crippen LogP contribution in [0, 0.1) is 23.0 Å². The SMILES string of the molecule is CC(C)(C)C1=[C-]CC=C1.CC(C)(C)C1=[C-]CC=C1.Cl.Cl.[CH2]=[Hf+2]. The molecule has 0 radical (unpaired) electrons. The molecule has 2 rings (SSSR count). The van der Waals surface area contributed by atoms with E-state index in [0.29, 0.717) is 10.8 Å². The molecule has 0 spiro atoms. The minimum atomic E-state index is 0. The molecule has 3 heteroatoms. The molecule has 0 aromatic rings. The molecule has 0 unspecified atom stereocenters. The average molecular weight is 508 g/mol. The van der Waals surface area contributed by atoms with Crippen molar-refractivity contribution in [1.29, 1.82) is 0 Å². The van der Waals surface area contributed by atoms with Crippen LogP contribution in [0.2, 0.25) is 0 Å². The van der Waals surface area contributed by atoms with E-state index in [1.165, 1.54) is 11.1 Å². The van der Waals surface area contributed by atoms with Crippen molar-refractivity contribution >= 4 is 29.1 Å².